The first-order valence-corrected chi connectivity index (χ1v) is 19.5. The molecule has 17 nitrogen and oxygen atoms in total. The Morgan fingerprint density at radius 3 is 1.60 bits per heavy atom. The third-order valence-electron chi connectivity index (χ3n) is 10.2. The maximum Gasteiger partial charge on any atom is 0.338 e. The number of nitrogens with zero attached hydrogens (tertiary/aromatic N) is 11. The first-order valence-electron chi connectivity index (χ1n) is 19.5. The number of carboxylic acids is 1. The summed E-state index contributed by atoms with van der Waals surface area (Å²) in [6, 6.07) is 16.8. The topological polar surface area (TPSA) is 228 Å². The standard InChI is InChI=1S/C21H18FN7O.C17H14FN5O2.C4H6N2.ClH/c22-18-7-14(1-4-17(18)20(30)28-10-13(8-23)11-28)19-5-6-24-21(27-19)26-15-9-25-29(12-15)16-2-3-16;18-14-7-10(1-4-13(14)16(24)25)15-5-6-19-17(22-15)21-11-8-20-23(9-11)12-2-3-12;5-1-4-2-6-3-4;/h1,4-7,9,12-13,16H,2-3,10-11H2,(H,24,26,27);1,4-9,12H,2-3H2,(H,24,25)(H,19,21,22);4,6H,2-3H2;1H. The molecular weight excluding hydrogens is 822 g/mol. The van der Waals surface area contributed by atoms with Crippen LogP contribution in [-0.4, -0.2) is 87.6 Å². The minimum Gasteiger partial charge on any atom is -0.478 e. The van der Waals surface area contributed by atoms with E-state index < -0.39 is 23.5 Å². The van der Waals surface area contributed by atoms with Gasteiger partial charge < -0.3 is 26.0 Å². The molecule has 1 amide bonds. The van der Waals surface area contributed by atoms with Crippen molar-refractivity contribution in [2.75, 3.05) is 36.8 Å². The van der Waals surface area contributed by atoms with Crippen molar-refractivity contribution in [1.82, 2.24) is 49.7 Å². The van der Waals surface area contributed by atoms with Crippen molar-refractivity contribution in [3.63, 3.8) is 0 Å². The van der Waals surface area contributed by atoms with Crippen LogP contribution in [0.25, 0.3) is 22.5 Å². The summed E-state index contributed by atoms with van der Waals surface area (Å²) < 4.78 is 32.3. The van der Waals surface area contributed by atoms with Crippen LogP contribution >= 0.6 is 12.4 Å². The SMILES string of the molecule is Cl.N#CC1CN(C(=O)c2ccc(-c3ccnc(Nc4cnn(C5CC5)c4)n3)cc2F)C1.N#CC1CNC1.O=C(O)c1ccc(-c2ccnc(Nc3cnn(C4CC4)c3)n2)cc1F. The summed E-state index contributed by atoms with van der Waals surface area (Å²) in [6.07, 6.45) is 15.0. The maximum atomic E-state index is 14.6. The number of aromatic nitrogens is 8. The van der Waals surface area contributed by atoms with Gasteiger partial charge in [0.05, 0.1) is 82.3 Å². The zero-order valence-electron chi connectivity index (χ0n) is 32.9. The summed E-state index contributed by atoms with van der Waals surface area (Å²) in [5, 5.41) is 43.6. The van der Waals surface area contributed by atoms with E-state index >= 15 is 0 Å². The molecule has 4 N–H and O–H groups in total. The van der Waals surface area contributed by atoms with E-state index in [1.54, 1.807) is 43.0 Å². The number of carbonyl (C=O) groups is 2. The van der Waals surface area contributed by atoms with Crippen LogP contribution in [0.1, 0.15) is 58.5 Å². The summed E-state index contributed by atoms with van der Waals surface area (Å²) in [6.45, 7) is 2.48. The quantitative estimate of drug-likeness (QED) is 0.114. The molecule has 2 aromatic carbocycles. The Hall–Kier alpha value is -7.35. The zero-order valence-corrected chi connectivity index (χ0v) is 33.7. The molecule has 20 heteroatoms. The zero-order chi connectivity index (χ0) is 42.5. The van der Waals surface area contributed by atoms with Gasteiger partial charge in [-0.05, 0) is 62.1 Å². The molecule has 6 heterocycles. The van der Waals surface area contributed by atoms with Crippen molar-refractivity contribution in [2.24, 2.45) is 11.8 Å². The molecule has 0 bridgehead atoms. The predicted molar refractivity (Wildman–Crippen MR) is 224 cm³/mol. The van der Waals surface area contributed by atoms with Gasteiger partial charge in [-0.25, -0.2) is 33.5 Å². The number of aromatic carboxylic acids is 1. The van der Waals surface area contributed by atoms with Crippen LogP contribution in [0.3, 0.4) is 0 Å². The number of hydrogen-bond acceptors (Lipinski definition) is 13. The van der Waals surface area contributed by atoms with Gasteiger partial charge in [0, 0.05) is 62.1 Å². The Bertz CT molecular complexity index is 2660. The number of amides is 1. The maximum absolute atomic E-state index is 14.6. The summed E-state index contributed by atoms with van der Waals surface area (Å²) in [4.78, 5) is 41.9. The second-order valence-electron chi connectivity index (χ2n) is 14.9. The van der Waals surface area contributed by atoms with E-state index in [1.807, 2.05) is 21.8 Å². The lowest BCUT2D eigenvalue weighted by molar-refractivity contribution is 0.0572. The highest BCUT2D eigenvalue weighted by atomic mass is 35.5. The number of carbonyl (C=O) groups excluding carboxylic acids is 1. The molecule has 2 saturated heterocycles. The van der Waals surface area contributed by atoms with Gasteiger partial charge in [0.15, 0.2) is 0 Å². The summed E-state index contributed by atoms with van der Waals surface area (Å²) in [5.41, 5.74) is 3.23. The first kappa shape index (κ1) is 42.8. The minimum absolute atomic E-state index is 0. The lowest BCUT2D eigenvalue weighted by Crippen LogP contribution is -2.49. The second kappa shape index (κ2) is 18.9. The number of anilines is 4. The van der Waals surface area contributed by atoms with E-state index in [2.05, 4.69) is 58.2 Å². The summed E-state index contributed by atoms with van der Waals surface area (Å²) in [7, 11) is 0. The molecule has 0 radical (unpaired) electrons. The van der Waals surface area contributed by atoms with Crippen LogP contribution in [0.4, 0.5) is 32.1 Å². The van der Waals surface area contributed by atoms with E-state index in [0.717, 1.165) is 56.2 Å². The fourth-order valence-corrected chi connectivity index (χ4v) is 6.27. The first-order chi connectivity index (χ1) is 29.6. The van der Waals surface area contributed by atoms with Gasteiger partial charge in [-0.1, -0.05) is 12.1 Å². The van der Waals surface area contributed by atoms with Crippen LogP contribution in [0.5, 0.6) is 0 Å². The van der Waals surface area contributed by atoms with Crippen molar-refractivity contribution >= 4 is 47.6 Å². The number of halogens is 3. The number of benzene rings is 2. The summed E-state index contributed by atoms with van der Waals surface area (Å²) >= 11 is 0. The van der Waals surface area contributed by atoms with Gasteiger partial charge in [0.2, 0.25) is 11.9 Å². The fourth-order valence-electron chi connectivity index (χ4n) is 6.27. The predicted octanol–water partition coefficient (Wildman–Crippen LogP) is 6.56. The van der Waals surface area contributed by atoms with E-state index in [1.165, 1.54) is 29.2 Å². The van der Waals surface area contributed by atoms with E-state index in [-0.39, 0.29) is 29.5 Å². The second-order valence-corrected chi connectivity index (χ2v) is 14.9. The van der Waals surface area contributed by atoms with E-state index in [4.69, 9.17) is 15.6 Å². The number of likely N-dealkylation sites (tertiary alicyclic amines) is 1. The average Bonchev–Trinajstić information content (AvgIpc) is 4.16. The molecular formula is C42H39ClF2N14O3. The highest BCUT2D eigenvalue weighted by Gasteiger charge is 2.32. The largest absolute Gasteiger partial charge is 0.478 e. The molecule has 0 spiro atoms. The number of nitriles is 2. The summed E-state index contributed by atoms with van der Waals surface area (Å²) in [5.74, 6) is -2.24. The third-order valence-corrected chi connectivity index (χ3v) is 10.2. The van der Waals surface area contributed by atoms with Crippen LogP contribution < -0.4 is 16.0 Å². The van der Waals surface area contributed by atoms with Crippen molar-refractivity contribution in [3.05, 3.63) is 108 Å². The van der Waals surface area contributed by atoms with Crippen LogP contribution in [0.2, 0.25) is 0 Å². The van der Waals surface area contributed by atoms with Crippen LogP contribution in [0.15, 0.2) is 85.7 Å². The number of carboxylic acid groups (broad SMARTS) is 1. The smallest absolute Gasteiger partial charge is 0.338 e. The normalized spacial score (nSPS) is 15.4. The monoisotopic (exact) mass is 860 g/mol. The lowest BCUT2D eigenvalue weighted by atomic mass is 10.00. The Morgan fingerprint density at radius 2 is 1.21 bits per heavy atom. The van der Waals surface area contributed by atoms with Gasteiger partial charge in [0.25, 0.3) is 5.91 Å². The molecule has 4 aromatic heterocycles. The highest BCUT2D eigenvalue weighted by Crippen LogP contribution is 2.36. The van der Waals surface area contributed by atoms with Crippen LogP contribution in [-0.2, 0) is 0 Å². The molecule has 0 atom stereocenters. The minimum atomic E-state index is -1.30. The van der Waals surface area contributed by atoms with Gasteiger partial charge >= 0.3 is 5.97 Å². The van der Waals surface area contributed by atoms with Crippen molar-refractivity contribution in [2.45, 2.75) is 37.8 Å². The highest BCUT2D eigenvalue weighted by molar-refractivity contribution is 5.95. The molecule has 6 aromatic rings. The van der Waals surface area contributed by atoms with E-state index in [0.29, 0.717) is 65.5 Å². The molecule has 2 aliphatic heterocycles. The Balaban J connectivity index is 0.000000164. The number of nitrogens with one attached hydrogen (secondary N) is 3. The number of hydrogen-bond donors (Lipinski definition) is 4. The molecule has 316 valence electrons. The fraction of sp³-hybridized carbons (Fsp3) is 0.286. The van der Waals surface area contributed by atoms with E-state index in [9.17, 15) is 18.4 Å². The molecule has 62 heavy (non-hydrogen) atoms. The average molecular weight is 861 g/mol. The van der Waals surface area contributed by atoms with Crippen molar-refractivity contribution < 1.29 is 23.5 Å². The third kappa shape index (κ3) is 10.3. The molecule has 4 fully saturated rings. The van der Waals surface area contributed by atoms with Gasteiger partial charge in [-0.15, -0.1) is 12.4 Å². The number of rotatable bonds is 10. The molecule has 2 saturated carbocycles. The Kier molecular flexibility index (Phi) is 13.1. The van der Waals surface area contributed by atoms with Gasteiger partial charge in [-0.2, -0.15) is 20.7 Å². The Morgan fingerprint density at radius 1 is 0.726 bits per heavy atom. The molecule has 0 unspecified atom stereocenters. The Labute approximate surface area is 359 Å². The van der Waals surface area contributed by atoms with Crippen LogP contribution in [0, 0.1) is 46.1 Å². The van der Waals surface area contributed by atoms with Crippen molar-refractivity contribution in [3.8, 4) is 34.7 Å². The molecule has 2 aliphatic carbocycles. The van der Waals surface area contributed by atoms with Crippen molar-refractivity contribution in [1.29, 1.82) is 10.5 Å². The molecule has 10 rings (SSSR count). The molecule has 4 aliphatic rings. The van der Waals surface area contributed by atoms with Gasteiger partial charge in [0.1, 0.15) is 11.6 Å². The van der Waals surface area contributed by atoms with Gasteiger partial charge in [-0.3, -0.25) is 14.2 Å². The lowest BCUT2D eigenvalue weighted by Gasteiger charge is -2.35.